The maximum absolute atomic E-state index is 6.09. The summed E-state index contributed by atoms with van der Waals surface area (Å²) in [5.41, 5.74) is 8.41. The van der Waals surface area contributed by atoms with Gasteiger partial charge in [0.15, 0.2) is 0 Å². The van der Waals surface area contributed by atoms with Crippen LogP contribution in [0.3, 0.4) is 0 Å². The molecule has 0 bridgehead atoms. The van der Waals surface area contributed by atoms with Gasteiger partial charge in [0.2, 0.25) is 0 Å². The number of aryl methyl sites for hydroxylation is 1. The Morgan fingerprint density at radius 3 is 2.69 bits per heavy atom. The number of nitrogens with zero attached hydrogens (tertiary/aromatic N) is 2. The first-order valence-corrected chi connectivity index (χ1v) is 6.17. The lowest BCUT2D eigenvalue weighted by atomic mass is 10.1. The zero-order valence-corrected chi connectivity index (χ0v) is 10.1. The molecule has 4 heteroatoms. The summed E-state index contributed by atoms with van der Waals surface area (Å²) in [5, 5.41) is 3.19. The average Bonchev–Trinajstić information content (AvgIpc) is 2.65. The molecule has 0 aliphatic carbocycles. The molecule has 2 aromatic rings. The van der Waals surface area contributed by atoms with E-state index in [1.165, 1.54) is 5.56 Å². The Hall–Kier alpha value is -1.26. The highest BCUT2D eigenvalue weighted by Gasteiger charge is 2.07. The van der Waals surface area contributed by atoms with Crippen molar-refractivity contribution in [3.8, 4) is 0 Å². The van der Waals surface area contributed by atoms with Gasteiger partial charge in [0.05, 0.1) is 5.01 Å². The van der Waals surface area contributed by atoms with Crippen LogP contribution in [0.5, 0.6) is 0 Å². The number of hydrogen-bond acceptors (Lipinski definition) is 4. The Labute approximate surface area is 99.4 Å². The van der Waals surface area contributed by atoms with Crippen LogP contribution >= 0.6 is 11.3 Å². The molecule has 3 nitrogen and oxygen atoms in total. The molecule has 1 unspecified atom stereocenters. The van der Waals surface area contributed by atoms with Gasteiger partial charge in [0, 0.05) is 35.9 Å². The lowest BCUT2D eigenvalue weighted by Gasteiger charge is -2.09. The van der Waals surface area contributed by atoms with E-state index in [1.807, 2.05) is 19.1 Å². The van der Waals surface area contributed by atoms with E-state index < -0.39 is 0 Å². The van der Waals surface area contributed by atoms with Gasteiger partial charge >= 0.3 is 0 Å². The number of nitrogens with two attached hydrogens (primary N) is 1. The van der Waals surface area contributed by atoms with Crippen molar-refractivity contribution in [1.82, 2.24) is 9.97 Å². The summed E-state index contributed by atoms with van der Waals surface area (Å²) in [6.45, 7) is 2.01. The van der Waals surface area contributed by atoms with Crippen LogP contribution in [0.25, 0.3) is 0 Å². The number of rotatable bonds is 4. The summed E-state index contributed by atoms with van der Waals surface area (Å²) >= 11 is 1.68. The van der Waals surface area contributed by atoms with Crippen molar-refractivity contribution in [3.63, 3.8) is 0 Å². The second kappa shape index (κ2) is 5.18. The maximum atomic E-state index is 6.09. The molecule has 16 heavy (non-hydrogen) atoms. The van der Waals surface area contributed by atoms with E-state index in [9.17, 15) is 0 Å². The van der Waals surface area contributed by atoms with E-state index in [1.54, 1.807) is 23.7 Å². The molecule has 84 valence electrons. The SMILES string of the molecule is Cc1csc(CC(N)Cc2ccncc2)n1. The Morgan fingerprint density at radius 2 is 2.06 bits per heavy atom. The third-order valence-corrected chi connectivity index (χ3v) is 3.34. The van der Waals surface area contributed by atoms with E-state index >= 15 is 0 Å². The van der Waals surface area contributed by atoms with Crippen molar-refractivity contribution in [2.75, 3.05) is 0 Å². The Morgan fingerprint density at radius 1 is 1.31 bits per heavy atom. The Bertz CT molecular complexity index is 439. The highest BCUT2D eigenvalue weighted by Crippen LogP contribution is 2.12. The Kier molecular flexibility index (Phi) is 3.64. The first-order valence-electron chi connectivity index (χ1n) is 5.29. The topological polar surface area (TPSA) is 51.8 Å². The van der Waals surface area contributed by atoms with Gasteiger partial charge in [0.1, 0.15) is 0 Å². The van der Waals surface area contributed by atoms with Gasteiger partial charge in [-0.15, -0.1) is 11.3 Å². The van der Waals surface area contributed by atoms with Crippen molar-refractivity contribution in [1.29, 1.82) is 0 Å². The first-order chi connectivity index (χ1) is 7.74. The third kappa shape index (κ3) is 3.12. The molecule has 2 aromatic heterocycles. The van der Waals surface area contributed by atoms with Crippen molar-refractivity contribution in [2.24, 2.45) is 5.73 Å². The molecule has 0 saturated heterocycles. The molecule has 2 rings (SSSR count). The van der Waals surface area contributed by atoms with Crippen LogP contribution in [-0.4, -0.2) is 16.0 Å². The largest absolute Gasteiger partial charge is 0.327 e. The zero-order valence-electron chi connectivity index (χ0n) is 9.26. The van der Waals surface area contributed by atoms with Crippen LogP contribution in [0.15, 0.2) is 29.9 Å². The standard InChI is InChI=1S/C12H15N3S/c1-9-8-16-12(15-9)7-11(13)6-10-2-4-14-5-3-10/h2-5,8,11H,6-7,13H2,1H3. The minimum atomic E-state index is 0.132. The maximum Gasteiger partial charge on any atom is 0.0943 e. The molecule has 0 amide bonds. The molecule has 2 heterocycles. The smallest absolute Gasteiger partial charge is 0.0943 e. The predicted molar refractivity (Wildman–Crippen MR) is 66.5 cm³/mol. The lowest BCUT2D eigenvalue weighted by molar-refractivity contribution is 0.661. The van der Waals surface area contributed by atoms with Crippen LogP contribution in [-0.2, 0) is 12.8 Å². The molecule has 0 aromatic carbocycles. The first kappa shape index (κ1) is 11.2. The Balaban J connectivity index is 1.92. The van der Waals surface area contributed by atoms with Crippen LogP contribution in [0.4, 0.5) is 0 Å². The molecule has 0 radical (unpaired) electrons. The number of thiazole rings is 1. The van der Waals surface area contributed by atoms with E-state index in [0.29, 0.717) is 0 Å². The summed E-state index contributed by atoms with van der Waals surface area (Å²) < 4.78 is 0. The normalized spacial score (nSPS) is 12.6. The molecular formula is C12H15N3S. The number of hydrogen-bond donors (Lipinski definition) is 1. The van der Waals surface area contributed by atoms with Crippen molar-refractivity contribution >= 4 is 11.3 Å². The van der Waals surface area contributed by atoms with Gasteiger partial charge in [-0.05, 0) is 31.0 Å². The average molecular weight is 233 g/mol. The molecule has 2 N–H and O–H groups in total. The van der Waals surface area contributed by atoms with E-state index in [0.717, 1.165) is 23.5 Å². The quantitative estimate of drug-likeness (QED) is 0.878. The molecule has 0 saturated carbocycles. The van der Waals surface area contributed by atoms with Gasteiger partial charge in [-0.25, -0.2) is 4.98 Å². The van der Waals surface area contributed by atoms with E-state index in [4.69, 9.17) is 5.73 Å². The molecule has 0 spiro atoms. The summed E-state index contributed by atoms with van der Waals surface area (Å²) in [5.74, 6) is 0. The van der Waals surface area contributed by atoms with Gasteiger partial charge in [-0.2, -0.15) is 0 Å². The van der Waals surface area contributed by atoms with Crippen LogP contribution in [0.2, 0.25) is 0 Å². The summed E-state index contributed by atoms with van der Waals surface area (Å²) in [4.78, 5) is 8.41. The van der Waals surface area contributed by atoms with E-state index in [-0.39, 0.29) is 6.04 Å². The van der Waals surface area contributed by atoms with Crippen LogP contribution in [0.1, 0.15) is 16.3 Å². The van der Waals surface area contributed by atoms with Crippen molar-refractivity contribution < 1.29 is 0 Å². The fourth-order valence-corrected chi connectivity index (χ4v) is 2.48. The summed E-state index contributed by atoms with van der Waals surface area (Å²) in [7, 11) is 0. The lowest BCUT2D eigenvalue weighted by Crippen LogP contribution is -2.25. The minimum Gasteiger partial charge on any atom is -0.327 e. The van der Waals surface area contributed by atoms with Crippen molar-refractivity contribution in [3.05, 3.63) is 46.2 Å². The van der Waals surface area contributed by atoms with Crippen LogP contribution in [0, 0.1) is 6.92 Å². The molecular weight excluding hydrogens is 218 g/mol. The fourth-order valence-electron chi connectivity index (χ4n) is 1.61. The summed E-state index contributed by atoms with van der Waals surface area (Å²) in [6.07, 6.45) is 5.33. The molecule has 0 aliphatic heterocycles. The molecule has 0 fully saturated rings. The zero-order chi connectivity index (χ0) is 11.4. The van der Waals surface area contributed by atoms with Gasteiger partial charge < -0.3 is 5.73 Å². The second-order valence-electron chi connectivity index (χ2n) is 3.91. The van der Waals surface area contributed by atoms with Crippen molar-refractivity contribution in [2.45, 2.75) is 25.8 Å². The fraction of sp³-hybridized carbons (Fsp3) is 0.333. The minimum absolute atomic E-state index is 0.132. The van der Waals surface area contributed by atoms with Gasteiger partial charge in [-0.1, -0.05) is 0 Å². The van der Waals surface area contributed by atoms with E-state index in [2.05, 4.69) is 15.3 Å². The number of pyridine rings is 1. The third-order valence-electron chi connectivity index (χ3n) is 2.35. The summed E-state index contributed by atoms with van der Waals surface area (Å²) in [6, 6.07) is 4.15. The predicted octanol–water partition coefficient (Wildman–Crippen LogP) is 1.96. The second-order valence-corrected chi connectivity index (χ2v) is 4.85. The highest BCUT2D eigenvalue weighted by molar-refractivity contribution is 7.09. The highest BCUT2D eigenvalue weighted by atomic mass is 32.1. The van der Waals surface area contributed by atoms with Gasteiger partial charge in [0.25, 0.3) is 0 Å². The molecule has 0 aliphatic rings. The monoisotopic (exact) mass is 233 g/mol. The van der Waals surface area contributed by atoms with Crippen LogP contribution < -0.4 is 5.73 Å². The van der Waals surface area contributed by atoms with Gasteiger partial charge in [-0.3, -0.25) is 4.98 Å². The number of aromatic nitrogens is 2. The molecule has 1 atom stereocenters.